The van der Waals surface area contributed by atoms with Crippen LogP contribution in [0.4, 0.5) is 4.79 Å². The van der Waals surface area contributed by atoms with E-state index in [0.717, 1.165) is 29.9 Å². The highest BCUT2D eigenvalue weighted by Crippen LogP contribution is 2.23. The third-order valence-corrected chi connectivity index (χ3v) is 5.45. The lowest BCUT2D eigenvalue weighted by Gasteiger charge is -2.29. The average Bonchev–Trinajstić information content (AvgIpc) is 2.67. The van der Waals surface area contributed by atoms with Gasteiger partial charge in [0.2, 0.25) is 0 Å². The Labute approximate surface area is 163 Å². The first-order valence-corrected chi connectivity index (χ1v) is 9.99. The molecule has 1 aromatic carbocycles. The van der Waals surface area contributed by atoms with E-state index in [1.165, 1.54) is 18.2 Å². The first-order chi connectivity index (χ1) is 13.0. The molecule has 0 saturated heterocycles. The minimum Gasteiger partial charge on any atom is -0.497 e. The molecule has 1 saturated carbocycles. The number of benzene rings is 1. The van der Waals surface area contributed by atoms with E-state index in [2.05, 4.69) is 17.6 Å². The van der Waals surface area contributed by atoms with Crippen molar-refractivity contribution in [3.05, 3.63) is 24.3 Å². The summed E-state index contributed by atoms with van der Waals surface area (Å²) in [7, 11) is 1.58. The van der Waals surface area contributed by atoms with Crippen molar-refractivity contribution >= 4 is 29.7 Å². The van der Waals surface area contributed by atoms with E-state index in [0.29, 0.717) is 5.92 Å². The molecule has 1 aliphatic rings. The Morgan fingerprint density at radius 1 is 1.15 bits per heavy atom. The maximum absolute atomic E-state index is 11.9. The quantitative estimate of drug-likeness (QED) is 0.546. The van der Waals surface area contributed by atoms with Crippen LogP contribution in [0.2, 0.25) is 0 Å². The number of esters is 1. The van der Waals surface area contributed by atoms with E-state index in [1.54, 1.807) is 19.2 Å². The van der Waals surface area contributed by atoms with Gasteiger partial charge in [0.15, 0.2) is 6.61 Å². The number of rotatable bonds is 7. The lowest BCUT2D eigenvalue weighted by molar-refractivity contribution is -0.145. The molecule has 2 rings (SSSR count). The van der Waals surface area contributed by atoms with Crippen molar-refractivity contribution in [1.29, 1.82) is 0 Å². The molecular formula is C19H26N2O5S. The number of methoxy groups -OCH3 is 1. The van der Waals surface area contributed by atoms with Gasteiger partial charge in [-0.25, -0.2) is 4.79 Å². The molecule has 2 N–H and O–H groups in total. The van der Waals surface area contributed by atoms with Gasteiger partial charge in [0.1, 0.15) is 5.75 Å². The maximum atomic E-state index is 11.9. The number of amides is 3. The van der Waals surface area contributed by atoms with Crippen LogP contribution >= 0.6 is 11.8 Å². The molecular weight excluding hydrogens is 368 g/mol. The zero-order chi connectivity index (χ0) is 19.6. The number of nitrogens with one attached hydrogen (secondary N) is 2. The van der Waals surface area contributed by atoms with Gasteiger partial charge >= 0.3 is 12.0 Å². The van der Waals surface area contributed by atoms with Crippen molar-refractivity contribution in [2.75, 3.05) is 19.5 Å². The summed E-state index contributed by atoms with van der Waals surface area (Å²) in [5.41, 5.74) is 0. The number of hydrogen-bond acceptors (Lipinski definition) is 6. The highest BCUT2D eigenvalue weighted by Gasteiger charge is 2.23. The highest BCUT2D eigenvalue weighted by molar-refractivity contribution is 8.00. The third kappa shape index (κ3) is 7.50. The average molecular weight is 394 g/mol. The predicted molar refractivity (Wildman–Crippen MR) is 103 cm³/mol. The summed E-state index contributed by atoms with van der Waals surface area (Å²) >= 11 is 1.30. The molecule has 1 fully saturated rings. The normalized spacial score (nSPS) is 19.0. The number of hydrogen-bond donors (Lipinski definition) is 2. The minimum atomic E-state index is -0.640. The first kappa shape index (κ1) is 21.1. The van der Waals surface area contributed by atoms with Crippen molar-refractivity contribution in [1.82, 2.24) is 10.6 Å². The monoisotopic (exact) mass is 394 g/mol. The summed E-state index contributed by atoms with van der Waals surface area (Å²) < 4.78 is 9.97. The number of thioether (sulfide) groups is 1. The smallest absolute Gasteiger partial charge is 0.321 e. The van der Waals surface area contributed by atoms with Crippen LogP contribution in [0, 0.1) is 5.92 Å². The number of ether oxygens (including phenoxy) is 2. The molecule has 0 radical (unpaired) electrons. The number of carbonyl (C=O) groups is 3. The van der Waals surface area contributed by atoms with E-state index in [4.69, 9.17) is 9.47 Å². The standard InChI is InChI=1S/C19H26N2O5S/c1-13-5-3-4-6-16(13)20-19(24)21-17(22)11-26-18(23)12-27-15-9-7-14(25-2)8-10-15/h7-10,13,16H,3-6,11-12H2,1-2H3,(H2,20,21,22,24)/t13-,16-/m0/s1. The fraction of sp³-hybridized carbons (Fsp3) is 0.526. The van der Waals surface area contributed by atoms with E-state index in [-0.39, 0.29) is 11.8 Å². The Hall–Kier alpha value is -2.22. The Morgan fingerprint density at radius 2 is 1.85 bits per heavy atom. The van der Waals surface area contributed by atoms with Crippen LogP contribution in [0.5, 0.6) is 5.75 Å². The zero-order valence-corrected chi connectivity index (χ0v) is 16.5. The van der Waals surface area contributed by atoms with Crippen molar-refractivity contribution in [3.8, 4) is 5.75 Å². The molecule has 8 heteroatoms. The Kier molecular flexibility index (Phi) is 8.44. The van der Waals surface area contributed by atoms with Gasteiger partial charge < -0.3 is 14.8 Å². The molecule has 1 aromatic rings. The van der Waals surface area contributed by atoms with Gasteiger partial charge in [-0.2, -0.15) is 0 Å². The fourth-order valence-electron chi connectivity index (χ4n) is 2.90. The molecule has 0 aliphatic heterocycles. The molecule has 0 bridgehead atoms. The van der Waals surface area contributed by atoms with Gasteiger partial charge in [-0.3, -0.25) is 14.9 Å². The molecule has 0 unspecified atom stereocenters. The van der Waals surface area contributed by atoms with Crippen LogP contribution in [0.3, 0.4) is 0 Å². The van der Waals surface area contributed by atoms with Crippen molar-refractivity contribution in [3.63, 3.8) is 0 Å². The van der Waals surface area contributed by atoms with Crippen LogP contribution < -0.4 is 15.4 Å². The molecule has 0 heterocycles. The van der Waals surface area contributed by atoms with Crippen LogP contribution in [-0.2, 0) is 14.3 Å². The van der Waals surface area contributed by atoms with Crippen molar-refractivity contribution in [2.45, 2.75) is 43.5 Å². The van der Waals surface area contributed by atoms with E-state index >= 15 is 0 Å². The Balaban J connectivity index is 1.63. The summed E-state index contributed by atoms with van der Waals surface area (Å²) in [6.07, 6.45) is 4.24. The van der Waals surface area contributed by atoms with Gasteiger partial charge in [0, 0.05) is 10.9 Å². The molecule has 0 aromatic heterocycles. The van der Waals surface area contributed by atoms with E-state index in [1.807, 2.05) is 12.1 Å². The summed E-state index contributed by atoms with van der Waals surface area (Å²) in [6.45, 7) is 1.61. The summed E-state index contributed by atoms with van der Waals surface area (Å²) in [5, 5.41) is 5.02. The molecule has 3 amide bonds. The van der Waals surface area contributed by atoms with Crippen LogP contribution in [-0.4, -0.2) is 43.4 Å². The maximum Gasteiger partial charge on any atom is 0.321 e. The van der Waals surface area contributed by atoms with Gasteiger partial charge in [-0.1, -0.05) is 19.8 Å². The molecule has 0 spiro atoms. The summed E-state index contributed by atoms with van der Waals surface area (Å²) in [6, 6.07) is 6.80. The minimum absolute atomic E-state index is 0.0748. The largest absolute Gasteiger partial charge is 0.497 e. The molecule has 1 aliphatic carbocycles. The Morgan fingerprint density at radius 3 is 2.52 bits per heavy atom. The molecule has 2 atom stereocenters. The first-order valence-electron chi connectivity index (χ1n) is 9.00. The van der Waals surface area contributed by atoms with Gasteiger partial charge in [-0.05, 0) is 43.0 Å². The molecule has 7 nitrogen and oxygen atoms in total. The van der Waals surface area contributed by atoms with Crippen LogP contribution in [0.25, 0.3) is 0 Å². The second kappa shape index (κ2) is 10.8. The lowest BCUT2D eigenvalue weighted by atomic mass is 9.86. The molecule has 148 valence electrons. The number of carbonyl (C=O) groups excluding carboxylic acids is 3. The number of urea groups is 1. The number of imide groups is 1. The topological polar surface area (TPSA) is 93.7 Å². The van der Waals surface area contributed by atoms with Crippen molar-refractivity contribution in [2.24, 2.45) is 5.92 Å². The predicted octanol–water partition coefficient (Wildman–Crippen LogP) is 2.74. The SMILES string of the molecule is COc1ccc(SCC(=O)OCC(=O)NC(=O)N[C@H]2CCCC[C@@H]2C)cc1. The van der Waals surface area contributed by atoms with Crippen molar-refractivity contribution < 1.29 is 23.9 Å². The second-order valence-electron chi connectivity index (χ2n) is 6.51. The van der Waals surface area contributed by atoms with Crippen LogP contribution in [0.1, 0.15) is 32.6 Å². The fourth-order valence-corrected chi connectivity index (χ4v) is 3.60. The third-order valence-electron chi connectivity index (χ3n) is 4.46. The van der Waals surface area contributed by atoms with Gasteiger partial charge in [-0.15, -0.1) is 11.8 Å². The van der Waals surface area contributed by atoms with E-state index in [9.17, 15) is 14.4 Å². The second-order valence-corrected chi connectivity index (χ2v) is 7.56. The molecule has 27 heavy (non-hydrogen) atoms. The summed E-state index contributed by atoms with van der Waals surface area (Å²) in [5.74, 6) is 0.0451. The van der Waals surface area contributed by atoms with Gasteiger partial charge in [0.25, 0.3) is 5.91 Å². The van der Waals surface area contributed by atoms with E-state index < -0.39 is 24.5 Å². The summed E-state index contributed by atoms with van der Waals surface area (Å²) in [4.78, 5) is 36.3. The zero-order valence-electron chi connectivity index (χ0n) is 15.7. The van der Waals surface area contributed by atoms with Crippen LogP contribution in [0.15, 0.2) is 29.2 Å². The lowest BCUT2D eigenvalue weighted by Crippen LogP contribution is -2.48. The highest BCUT2D eigenvalue weighted by atomic mass is 32.2. The Bertz CT molecular complexity index is 650. The van der Waals surface area contributed by atoms with Gasteiger partial charge in [0.05, 0.1) is 12.9 Å².